The number of nitrogens with two attached hydrogens (primary N) is 1. The molecule has 1 aromatic carbocycles. The number of rotatable bonds is 2. The van der Waals surface area contributed by atoms with Gasteiger partial charge in [-0.25, -0.2) is 0 Å². The molecule has 0 saturated carbocycles. The highest BCUT2D eigenvalue weighted by molar-refractivity contribution is 5.85. The van der Waals surface area contributed by atoms with Gasteiger partial charge in [0.15, 0.2) is 0 Å². The molecule has 1 unspecified atom stereocenters. The fourth-order valence-corrected chi connectivity index (χ4v) is 2.29. The molecule has 2 aromatic rings. The Morgan fingerprint density at radius 3 is 2.56 bits per heavy atom. The van der Waals surface area contributed by atoms with Crippen LogP contribution >= 0.6 is 0 Å². The van der Waals surface area contributed by atoms with Crippen molar-refractivity contribution in [3.8, 4) is 0 Å². The van der Waals surface area contributed by atoms with E-state index in [1.54, 1.807) is 12.4 Å². The van der Waals surface area contributed by atoms with E-state index in [4.69, 9.17) is 5.73 Å². The number of hydrogen-bond donors (Lipinski definition) is 2. The van der Waals surface area contributed by atoms with Gasteiger partial charge in [-0.2, -0.15) is 0 Å². The first-order valence-corrected chi connectivity index (χ1v) is 6.16. The molecule has 1 heterocycles. The molecule has 18 heavy (non-hydrogen) atoms. The van der Waals surface area contributed by atoms with Crippen LogP contribution in [0, 0.1) is 5.41 Å². The minimum Gasteiger partial charge on any atom is -0.383 e. The van der Waals surface area contributed by atoms with E-state index in [1.807, 2.05) is 45.0 Å². The van der Waals surface area contributed by atoms with Crippen molar-refractivity contribution in [1.82, 2.24) is 4.98 Å². The summed E-state index contributed by atoms with van der Waals surface area (Å²) in [5, 5.41) is 13.0. The molecule has 0 spiro atoms. The summed E-state index contributed by atoms with van der Waals surface area (Å²) in [4.78, 5) is 4.15. The zero-order valence-corrected chi connectivity index (χ0v) is 11.1. The van der Waals surface area contributed by atoms with Crippen LogP contribution in [0.2, 0.25) is 0 Å². The van der Waals surface area contributed by atoms with Gasteiger partial charge in [-0.3, -0.25) is 4.98 Å². The highest BCUT2D eigenvalue weighted by Gasteiger charge is 2.41. The largest absolute Gasteiger partial charge is 0.383 e. The molecule has 3 N–H and O–H groups in total. The van der Waals surface area contributed by atoms with Crippen LogP contribution in [-0.2, 0) is 5.60 Å². The Kier molecular flexibility index (Phi) is 3.13. The first kappa shape index (κ1) is 13.0. The topological polar surface area (TPSA) is 59.1 Å². The van der Waals surface area contributed by atoms with Crippen LogP contribution in [-0.4, -0.2) is 16.6 Å². The van der Waals surface area contributed by atoms with Crippen molar-refractivity contribution in [3.63, 3.8) is 0 Å². The Morgan fingerprint density at radius 1 is 1.22 bits per heavy atom. The lowest BCUT2D eigenvalue weighted by molar-refractivity contribution is -0.0544. The molecule has 0 amide bonds. The molecule has 0 aliphatic rings. The van der Waals surface area contributed by atoms with Crippen LogP contribution in [0.3, 0.4) is 0 Å². The Hall–Kier alpha value is -1.45. The maximum Gasteiger partial charge on any atom is 0.107 e. The van der Waals surface area contributed by atoms with Gasteiger partial charge in [-0.15, -0.1) is 0 Å². The second-order valence-corrected chi connectivity index (χ2v) is 5.72. The van der Waals surface area contributed by atoms with E-state index in [9.17, 15) is 5.11 Å². The third kappa shape index (κ3) is 1.89. The Balaban J connectivity index is 2.74. The summed E-state index contributed by atoms with van der Waals surface area (Å²) in [6.07, 6.45) is 3.54. The van der Waals surface area contributed by atoms with Gasteiger partial charge >= 0.3 is 0 Å². The molecule has 1 aromatic heterocycles. The van der Waals surface area contributed by atoms with E-state index < -0.39 is 5.60 Å². The van der Waals surface area contributed by atoms with Crippen molar-refractivity contribution in [2.45, 2.75) is 26.4 Å². The quantitative estimate of drug-likeness (QED) is 0.853. The molecule has 0 aliphatic heterocycles. The molecular weight excluding hydrogens is 224 g/mol. The Labute approximate surface area is 108 Å². The number of fused-ring (bicyclic) bond motifs is 1. The van der Waals surface area contributed by atoms with Crippen LogP contribution in [0.5, 0.6) is 0 Å². The lowest BCUT2D eigenvalue weighted by Crippen LogP contribution is -2.46. The molecule has 96 valence electrons. The highest BCUT2D eigenvalue weighted by Crippen LogP contribution is 2.41. The fraction of sp³-hybridized carbons (Fsp3) is 0.400. The van der Waals surface area contributed by atoms with E-state index in [1.165, 1.54) is 0 Å². The number of hydrogen-bond acceptors (Lipinski definition) is 3. The summed E-state index contributed by atoms with van der Waals surface area (Å²) in [6.45, 7) is 6.17. The van der Waals surface area contributed by atoms with Crippen molar-refractivity contribution in [1.29, 1.82) is 0 Å². The molecule has 1 atom stereocenters. The van der Waals surface area contributed by atoms with Crippen LogP contribution in [0.15, 0.2) is 36.7 Å². The summed E-state index contributed by atoms with van der Waals surface area (Å²) < 4.78 is 0. The van der Waals surface area contributed by atoms with Gasteiger partial charge in [0.25, 0.3) is 0 Å². The SMILES string of the molecule is CC(C)(C)C(O)(CN)c1cccc2ccncc12. The van der Waals surface area contributed by atoms with Gasteiger partial charge in [-0.05, 0) is 22.4 Å². The van der Waals surface area contributed by atoms with E-state index in [0.717, 1.165) is 16.3 Å². The molecule has 0 saturated heterocycles. The molecular formula is C15H20N2O. The average molecular weight is 244 g/mol. The van der Waals surface area contributed by atoms with E-state index in [2.05, 4.69) is 4.98 Å². The molecule has 3 heteroatoms. The third-order valence-corrected chi connectivity index (χ3v) is 3.67. The minimum absolute atomic E-state index is 0.185. The first-order chi connectivity index (χ1) is 8.40. The number of benzene rings is 1. The van der Waals surface area contributed by atoms with Gasteiger partial charge < -0.3 is 10.8 Å². The van der Waals surface area contributed by atoms with Gasteiger partial charge in [-0.1, -0.05) is 39.0 Å². The molecule has 0 fully saturated rings. The third-order valence-electron chi connectivity index (χ3n) is 3.67. The maximum absolute atomic E-state index is 11.0. The predicted octanol–water partition coefficient (Wildman–Crippen LogP) is 2.43. The van der Waals surface area contributed by atoms with Crippen LogP contribution < -0.4 is 5.73 Å². The Bertz CT molecular complexity index is 554. The highest BCUT2D eigenvalue weighted by atomic mass is 16.3. The van der Waals surface area contributed by atoms with Crippen molar-refractivity contribution >= 4 is 10.8 Å². The maximum atomic E-state index is 11.0. The molecule has 2 rings (SSSR count). The lowest BCUT2D eigenvalue weighted by atomic mass is 9.71. The van der Waals surface area contributed by atoms with Gasteiger partial charge in [0.1, 0.15) is 5.60 Å². The van der Waals surface area contributed by atoms with Gasteiger partial charge in [0, 0.05) is 24.3 Å². The van der Waals surface area contributed by atoms with Crippen molar-refractivity contribution < 1.29 is 5.11 Å². The normalized spacial score (nSPS) is 15.6. The zero-order chi connectivity index (χ0) is 13.4. The van der Waals surface area contributed by atoms with E-state index in [0.29, 0.717) is 0 Å². The first-order valence-electron chi connectivity index (χ1n) is 6.16. The van der Waals surface area contributed by atoms with Crippen LogP contribution in [0.25, 0.3) is 10.8 Å². The second kappa shape index (κ2) is 4.34. The summed E-state index contributed by atoms with van der Waals surface area (Å²) >= 11 is 0. The van der Waals surface area contributed by atoms with E-state index >= 15 is 0 Å². The number of aliphatic hydroxyl groups is 1. The summed E-state index contributed by atoms with van der Waals surface area (Å²) in [6, 6.07) is 7.84. The number of aromatic nitrogens is 1. The number of nitrogens with zero attached hydrogens (tertiary/aromatic N) is 1. The summed E-state index contributed by atoms with van der Waals surface area (Å²) in [7, 11) is 0. The van der Waals surface area contributed by atoms with Crippen molar-refractivity contribution in [2.75, 3.05) is 6.54 Å². The minimum atomic E-state index is -1.06. The lowest BCUT2D eigenvalue weighted by Gasteiger charge is -2.40. The number of pyridine rings is 1. The van der Waals surface area contributed by atoms with Crippen LogP contribution in [0.4, 0.5) is 0 Å². The molecule has 0 bridgehead atoms. The Morgan fingerprint density at radius 2 is 1.94 bits per heavy atom. The second-order valence-electron chi connectivity index (χ2n) is 5.72. The monoisotopic (exact) mass is 244 g/mol. The standard InChI is InChI=1S/C15H20N2O/c1-14(2,3)15(18,10-16)13-6-4-5-11-7-8-17-9-12(11)13/h4-9,18H,10,16H2,1-3H3. The van der Waals surface area contributed by atoms with Crippen LogP contribution in [0.1, 0.15) is 26.3 Å². The summed E-state index contributed by atoms with van der Waals surface area (Å²) in [5.74, 6) is 0. The van der Waals surface area contributed by atoms with Gasteiger partial charge in [0.05, 0.1) is 0 Å². The predicted molar refractivity (Wildman–Crippen MR) is 74.1 cm³/mol. The average Bonchev–Trinajstić information content (AvgIpc) is 2.35. The zero-order valence-electron chi connectivity index (χ0n) is 11.1. The van der Waals surface area contributed by atoms with Gasteiger partial charge in [0.2, 0.25) is 0 Å². The summed E-state index contributed by atoms with van der Waals surface area (Å²) in [5.41, 5.74) is 5.29. The molecule has 0 aliphatic carbocycles. The van der Waals surface area contributed by atoms with Crippen molar-refractivity contribution in [2.24, 2.45) is 11.1 Å². The fourth-order valence-electron chi connectivity index (χ4n) is 2.29. The molecule has 3 nitrogen and oxygen atoms in total. The van der Waals surface area contributed by atoms with Crippen molar-refractivity contribution in [3.05, 3.63) is 42.2 Å². The van der Waals surface area contributed by atoms with E-state index in [-0.39, 0.29) is 12.0 Å². The smallest absolute Gasteiger partial charge is 0.107 e. The molecule has 0 radical (unpaired) electrons.